The number of aliphatic imine (C=N–C) groups is 1. The van der Waals surface area contributed by atoms with Gasteiger partial charge < -0.3 is 10.2 Å². The lowest BCUT2D eigenvalue weighted by Crippen LogP contribution is -2.40. The smallest absolute Gasteiger partial charge is 0.181 e. The molecular weight excluding hydrogens is 434 g/mol. The van der Waals surface area contributed by atoms with Gasteiger partial charge in [-0.2, -0.15) is 0 Å². The van der Waals surface area contributed by atoms with Crippen LogP contribution in [0, 0.1) is 28.3 Å². The zero-order chi connectivity index (χ0) is 19.5. The topological polar surface area (TPSA) is 75.3 Å². The van der Waals surface area contributed by atoms with Gasteiger partial charge in [-0.15, -0.1) is 12.4 Å². The quantitative estimate of drug-likeness (QED) is 0.395. The fourth-order valence-electron chi connectivity index (χ4n) is 3.50. The van der Waals surface area contributed by atoms with E-state index in [-0.39, 0.29) is 40.5 Å². The molecule has 1 unspecified atom stereocenters. The Hall–Kier alpha value is -1.71. The first-order chi connectivity index (χ1) is 12.8. The van der Waals surface area contributed by atoms with Gasteiger partial charge in [0.1, 0.15) is 10.9 Å². The highest BCUT2D eigenvalue weighted by molar-refractivity contribution is 8.18. The molecule has 0 bridgehead atoms. The number of amidine groups is 3. The summed E-state index contributed by atoms with van der Waals surface area (Å²) in [6.07, 6.45) is 3.16. The normalized spacial score (nSPS) is 24.1. The first-order valence-electron chi connectivity index (χ1n) is 8.40. The standard InChI is InChI=1S/C17H15ClF3N5S.ClH/c1-6-4-2-3-5-26(6)17-25-16(23)14(27-17)13-7-8(15(22)24-13)11(20)12(21)9(18)10(7)19;/h6,23H,2-5H2,1H3,(H2,22,24);1H. The highest BCUT2D eigenvalue weighted by Gasteiger charge is 2.38. The molecule has 28 heavy (non-hydrogen) atoms. The third-order valence-corrected chi connectivity index (χ3v) is 6.35. The molecule has 150 valence electrons. The summed E-state index contributed by atoms with van der Waals surface area (Å²) in [6.45, 7) is 2.89. The van der Waals surface area contributed by atoms with Crippen molar-refractivity contribution < 1.29 is 13.2 Å². The molecule has 0 radical (unpaired) electrons. The average Bonchev–Trinajstić information content (AvgIpc) is 3.18. The van der Waals surface area contributed by atoms with E-state index in [1.807, 2.05) is 0 Å². The molecule has 0 amide bonds. The second kappa shape index (κ2) is 7.61. The number of hydrogen-bond donors (Lipinski definition) is 3. The van der Waals surface area contributed by atoms with Gasteiger partial charge in [0, 0.05) is 12.6 Å². The van der Waals surface area contributed by atoms with E-state index in [1.165, 1.54) is 0 Å². The predicted molar refractivity (Wildman–Crippen MR) is 108 cm³/mol. The van der Waals surface area contributed by atoms with Gasteiger partial charge in [-0.05, 0) is 37.9 Å². The Balaban J connectivity index is 0.00000225. The monoisotopic (exact) mass is 449 g/mol. The Morgan fingerprint density at radius 2 is 1.86 bits per heavy atom. The van der Waals surface area contributed by atoms with Crippen LogP contribution in [0.25, 0.3) is 5.70 Å². The number of likely N-dealkylation sites (tertiary alicyclic amines) is 1. The van der Waals surface area contributed by atoms with E-state index in [0.717, 1.165) is 37.6 Å². The number of piperidine rings is 1. The van der Waals surface area contributed by atoms with E-state index in [1.54, 1.807) is 0 Å². The van der Waals surface area contributed by atoms with E-state index < -0.39 is 33.9 Å². The number of hydrogen-bond acceptors (Lipinski definition) is 4. The third-order valence-electron chi connectivity index (χ3n) is 4.91. The first-order valence-corrected chi connectivity index (χ1v) is 9.59. The van der Waals surface area contributed by atoms with Crippen molar-refractivity contribution in [3.63, 3.8) is 0 Å². The minimum absolute atomic E-state index is 0. The molecule has 1 atom stereocenters. The number of nitrogens with zero attached hydrogens (tertiary/aromatic N) is 2. The molecule has 0 aliphatic carbocycles. The van der Waals surface area contributed by atoms with Crippen molar-refractivity contribution in [1.82, 2.24) is 10.2 Å². The predicted octanol–water partition coefficient (Wildman–Crippen LogP) is 4.73. The number of nitrogens with one attached hydrogen (secondary N) is 3. The fraction of sp³-hybridized carbons (Fsp3) is 0.353. The summed E-state index contributed by atoms with van der Waals surface area (Å²) < 4.78 is 42.7. The van der Waals surface area contributed by atoms with Crippen LogP contribution in [0.2, 0.25) is 5.02 Å². The second-order valence-electron chi connectivity index (χ2n) is 6.59. The Morgan fingerprint density at radius 3 is 2.54 bits per heavy atom. The van der Waals surface area contributed by atoms with Gasteiger partial charge in [0.05, 0.1) is 21.7 Å². The maximum absolute atomic E-state index is 14.6. The SMILES string of the molecule is CC1CCCCN1C1=NC(=N)C(=C2NC(=N)c3c(F)c(F)c(Cl)c(F)c32)S1.Cl. The molecule has 1 saturated heterocycles. The number of fused-ring (bicyclic) bond motifs is 1. The van der Waals surface area contributed by atoms with Crippen molar-refractivity contribution in [3.05, 3.63) is 38.5 Å². The largest absolute Gasteiger partial charge is 0.348 e. The second-order valence-corrected chi connectivity index (χ2v) is 7.95. The molecule has 1 fully saturated rings. The van der Waals surface area contributed by atoms with E-state index in [4.69, 9.17) is 22.4 Å². The van der Waals surface area contributed by atoms with Gasteiger partial charge in [-0.3, -0.25) is 10.8 Å². The summed E-state index contributed by atoms with van der Waals surface area (Å²) >= 11 is 6.75. The van der Waals surface area contributed by atoms with E-state index in [9.17, 15) is 13.2 Å². The van der Waals surface area contributed by atoms with Crippen LogP contribution in [0.3, 0.4) is 0 Å². The molecule has 0 saturated carbocycles. The van der Waals surface area contributed by atoms with Gasteiger partial charge >= 0.3 is 0 Å². The number of benzene rings is 1. The Kier molecular flexibility index (Phi) is 5.71. The summed E-state index contributed by atoms with van der Waals surface area (Å²) in [6, 6.07) is 0.266. The first kappa shape index (κ1) is 21.0. The van der Waals surface area contributed by atoms with E-state index in [2.05, 4.69) is 22.1 Å². The van der Waals surface area contributed by atoms with Crippen molar-refractivity contribution >= 4 is 58.3 Å². The maximum Gasteiger partial charge on any atom is 0.181 e. The number of halogens is 5. The molecule has 3 aliphatic rings. The van der Waals surface area contributed by atoms with Crippen LogP contribution in [0.4, 0.5) is 13.2 Å². The molecule has 3 heterocycles. The zero-order valence-electron chi connectivity index (χ0n) is 14.6. The lowest BCUT2D eigenvalue weighted by Gasteiger charge is -2.34. The summed E-state index contributed by atoms with van der Waals surface area (Å²) in [5, 5.41) is 18.3. The lowest BCUT2D eigenvalue weighted by atomic mass is 10.1. The van der Waals surface area contributed by atoms with Crippen molar-refractivity contribution in [1.29, 1.82) is 10.8 Å². The molecule has 0 aromatic heterocycles. The number of thioether (sulfide) groups is 1. The van der Waals surface area contributed by atoms with Gasteiger partial charge in [0.15, 0.2) is 28.5 Å². The minimum atomic E-state index is -1.53. The highest BCUT2D eigenvalue weighted by Crippen LogP contribution is 2.42. The Labute approximate surface area is 174 Å². The van der Waals surface area contributed by atoms with Crippen LogP contribution in [0.5, 0.6) is 0 Å². The summed E-state index contributed by atoms with van der Waals surface area (Å²) in [5.74, 6) is -4.66. The van der Waals surface area contributed by atoms with E-state index >= 15 is 0 Å². The van der Waals surface area contributed by atoms with Crippen LogP contribution < -0.4 is 5.32 Å². The van der Waals surface area contributed by atoms with Crippen LogP contribution in [0.15, 0.2) is 9.90 Å². The fourth-order valence-corrected chi connectivity index (χ4v) is 4.79. The molecule has 1 aromatic carbocycles. The van der Waals surface area contributed by atoms with Gasteiger partial charge in [-0.25, -0.2) is 18.2 Å². The van der Waals surface area contributed by atoms with Crippen molar-refractivity contribution in [3.8, 4) is 0 Å². The summed E-state index contributed by atoms with van der Waals surface area (Å²) in [4.78, 5) is 6.62. The van der Waals surface area contributed by atoms with Crippen molar-refractivity contribution in [2.24, 2.45) is 4.99 Å². The molecule has 1 aromatic rings. The van der Waals surface area contributed by atoms with Crippen LogP contribution in [-0.2, 0) is 0 Å². The van der Waals surface area contributed by atoms with Gasteiger partial charge in [0.2, 0.25) is 0 Å². The average molecular weight is 450 g/mol. The molecule has 11 heteroatoms. The third kappa shape index (κ3) is 3.09. The van der Waals surface area contributed by atoms with Crippen molar-refractivity contribution in [2.75, 3.05) is 6.54 Å². The lowest BCUT2D eigenvalue weighted by molar-refractivity contribution is 0.263. The maximum atomic E-state index is 14.6. The van der Waals surface area contributed by atoms with Crippen LogP contribution >= 0.6 is 35.8 Å². The van der Waals surface area contributed by atoms with Gasteiger partial charge in [-0.1, -0.05) is 11.6 Å². The number of rotatable bonds is 0. The van der Waals surface area contributed by atoms with Crippen molar-refractivity contribution in [2.45, 2.75) is 32.2 Å². The molecule has 3 aliphatic heterocycles. The van der Waals surface area contributed by atoms with Gasteiger partial charge in [0.25, 0.3) is 0 Å². The summed E-state index contributed by atoms with van der Waals surface area (Å²) in [5.41, 5.74) is -0.837. The highest BCUT2D eigenvalue weighted by atomic mass is 35.5. The molecular formula is C17H16Cl2F3N5S. The zero-order valence-corrected chi connectivity index (χ0v) is 17.0. The Morgan fingerprint density at radius 1 is 1.14 bits per heavy atom. The molecule has 4 rings (SSSR count). The minimum Gasteiger partial charge on any atom is -0.348 e. The molecule has 3 N–H and O–H groups in total. The van der Waals surface area contributed by atoms with Crippen LogP contribution in [0.1, 0.15) is 37.3 Å². The molecule has 5 nitrogen and oxygen atoms in total. The Bertz CT molecular complexity index is 963. The molecule has 0 spiro atoms. The van der Waals surface area contributed by atoms with Crippen LogP contribution in [-0.4, -0.2) is 34.3 Å². The summed E-state index contributed by atoms with van der Waals surface area (Å²) in [7, 11) is 0. The van der Waals surface area contributed by atoms with E-state index in [0.29, 0.717) is 5.17 Å².